The van der Waals surface area contributed by atoms with Crippen LogP contribution in [0, 0.1) is 6.92 Å². The molecule has 0 aliphatic carbocycles. The number of rotatable bonds is 7. The molecule has 0 fully saturated rings. The van der Waals surface area contributed by atoms with Crippen LogP contribution in [0.15, 0.2) is 40.8 Å². The lowest BCUT2D eigenvalue weighted by molar-refractivity contribution is 0.0900. The van der Waals surface area contributed by atoms with Crippen LogP contribution in [0.25, 0.3) is 0 Å². The summed E-state index contributed by atoms with van der Waals surface area (Å²) in [6.07, 6.45) is 2.45. The zero-order valence-electron chi connectivity index (χ0n) is 12.8. The van der Waals surface area contributed by atoms with E-state index in [1.165, 1.54) is 0 Å². The number of aryl methyl sites for hydroxylation is 1. The minimum absolute atomic E-state index is 0.00863. The molecule has 1 amide bonds. The van der Waals surface area contributed by atoms with E-state index in [1.807, 2.05) is 43.5 Å². The predicted molar refractivity (Wildman–Crippen MR) is 89.0 cm³/mol. The smallest absolute Gasteiger partial charge is 0.287 e. The Morgan fingerprint density at radius 1 is 1.27 bits per heavy atom. The first kappa shape index (κ1) is 16.6. The van der Waals surface area contributed by atoms with Gasteiger partial charge in [-0.2, -0.15) is 11.8 Å². The fourth-order valence-electron chi connectivity index (χ4n) is 2.20. The maximum absolute atomic E-state index is 12.3. The Hall–Kier alpha value is -1.72. The van der Waals surface area contributed by atoms with Crippen LogP contribution < -0.4 is 5.32 Å². The van der Waals surface area contributed by atoms with E-state index in [1.54, 1.807) is 17.8 Å². The van der Waals surface area contributed by atoms with Crippen molar-refractivity contribution in [2.24, 2.45) is 0 Å². The molecule has 2 rings (SSSR count). The van der Waals surface area contributed by atoms with E-state index in [4.69, 9.17) is 4.42 Å². The molecule has 2 aromatic rings. The minimum Gasteiger partial charge on any atom is -0.455 e. The standard InChI is InChI=1S/C17H21NO3S/c1-12-3-5-13(6-4-12)15(9-10-19)18-17(20)16-8-7-14(21-16)11-22-2/h3-8,15,19H,9-11H2,1-2H3,(H,18,20)/t15-/m0/s1. The highest BCUT2D eigenvalue weighted by Crippen LogP contribution is 2.19. The number of hydrogen-bond acceptors (Lipinski definition) is 4. The van der Waals surface area contributed by atoms with E-state index in [9.17, 15) is 9.90 Å². The monoisotopic (exact) mass is 319 g/mol. The summed E-state index contributed by atoms with van der Waals surface area (Å²) in [7, 11) is 0. The maximum atomic E-state index is 12.3. The SMILES string of the molecule is CSCc1ccc(C(=O)N[C@@H](CCO)c2ccc(C)cc2)o1. The van der Waals surface area contributed by atoms with Gasteiger partial charge in [0.2, 0.25) is 0 Å². The molecule has 1 atom stereocenters. The van der Waals surface area contributed by atoms with Gasteiger partial charge in [0.05, 0.1) is 11.8 Å². The second-order valence-electron chi connectivity index (χ2n) is 5.15. The van der Waals surface area contributed by atoms with Crippen LogP contribution in [0.3, 0.4) is 0 Å². The average molecular weight is 319 g/mol. The van der Waals surface area contributed by atoms with Crippen molar-refractivity contribution in [2.75, 3.05) is 12.9 Å². The average Bonchev–Trinajstić information content (AvgIpc) is 2.97. The highest BCUT2D eigenvalue weighted by atomic mass is 32.2. The Morgan fingerprint density at radius 2 is 2.00 bits per heavy atom. The summed E-state index contributed by atoms with van der Waals surface area (Å²) >= 11 is 1.64. The molecule has 0 radical (unpaired) electrons. The van der Waals surface area contributed by atoms with Gasteiger partial charge in [-0.3, -0.25) is 4.79 Å². The highest BCUT2D eigenvalue weighted by molar-refractivity contribution is 7.97. The topological polar surface area (TPSA) is 62.5 Å². The molecule has 118 valence electrons. The van der Waals surface area contributed by atoms with Gasteiger partial charge in [-0.25, -0.2) is 0 Å². The number of carbonyl (C=O) groups is 1. The number of hydrogen-bond donors (Lipinski definition) is 2. The van der Waals surface area contributed by atoms with Gasteiger partial charge in [-0.05, 0) is 37.3 Å². The van der Waals surface area contributed by atoms with Crippen LogP contribution in [0.4, 0.5) is 0 Å². The van der Waals surface area contributed by atoms with Gasteiger partial charge in [0, 0.05) is 6.61 Å². The van der Waals surface area contributed by atoms with Gasteiger partial charge in [0.1, 0.15) is 5.76 Å². The molecule has 0 spiro atoms. The van der Waals surface area contributed by atoms with Gasteiger partial charge < -0.3 is 14.8 Å². The van der Waals surface area contributed by atoms with Crippen LogP contribution in [-0.2, 0) is 5.75 Å². The number of amides is 1. The molecular weight excluding hydrogens is 298 g/mol. The van der Waals surface area contributed by atoms with Crippen molar-refractivity contribution in [1.82, 2.24) is 5.32 Å². The molecule has 1 heterocycles. The Kier molecular flexibility index (Phi) is 6.10. The predicted octanol–water partition coefficient (Wildman–Crippen LogP) is 3.30. The van der Waals surface area contributed by atoms with Crippen LogP contribution >= 0.6 is 11.8 Å². The fourth-order valence-corrected chi connectivity index (χ4v) is 2.64. The van der Waals surface area contributed by atoms with Crippen molar-refractivity contribution in [2.45, 2.75) is 25.1 Å². The molecule has 0 unspecified atom stereocenters. The second kappa shape index (κ2) is 8.06. The van der Waals surface area contributed by atoms with Crippen LogP contribution in [0.5, 0.6) is 0 Å². The van der Waals surface area contributed by atoms with Gasteiger partial charge in [-0.1, -0.05) is 29.8 Å². The molecule has 0 aliphatic rings. The third kappa shape index (κ3) is 4.39. The number of carbonyl (C=O) groups excluding carboxylic acids is 1. The summed E-state index contributed by atoms with van der Waals surface area (Å²) in [5.74, 6) is 1.57. The number of furan rings is 1. The van der Waals surface area contributed by atoms with E-state index >= 15 is 0 Å². The van der Waals surface area contributed by atoms with Gasteiger partial charge in [-0.15, -0.1) is 0 Å². The van der Waals surface area contributed by atoms with Crippen molar-refractivity contribution < 1.29 is 14.3 Å². The first-order valence-corrected chi connectivity index (χ1v) is 8.59. The van der Waals surface area contributed by atoms with Crippen molar-refractivity contribution in [3.8, 4) is 0 Å². The second-order valence-corrected chi connectivity index (χ2v) is 6.01. The number of nitrogens with one attached hydrogen (secondary N) is 1. The van der Waals surface area contributed by atoms with Crippen molar-refractivity contribution in [3.05, 3.63) is 59.0 Å². The molecule has 5 heteroatoms. The lowest BCUT2D eigenvalue weighted by Crippen LogP contribution is -2.29. The number of benzene rings is 1. The Balaban J connectivity index is 2.09. The minimum atomic E-state index is -0.258. The molecule has 2 N–H and O–H groups in total. The maximum Gasteiger partial charge on any atom is 0.287 e. The van der Waals surface area contributed by atoms with Crippen molar-refractivity contribution in [3.63, 3.8) is 0 Å². The lowest BCUT2D eigenvalue weighted by atomic mass is 10.0. The third-order valence-electron chi connectivity index (χ3n) is 3.37. The number of aliphatic hydroxyl groups is 1. The molecule has 0 bridgehead atoms. The van der Waals surface area contributed by atoms with E-state index in [0.717, 1.165) is 22.6 Å². The molecule has 22 heavy (non-hydrogen) atoms. The fraction of sp³-hybridized carbons (Fsp3) is 0.353. The summed E-state index contributed by atoms with van der Waals surface area (Å²) in [5, 5.41) is 12.2. The van der Waals surface area contributed by atoms with E-state index < -0.39 is 0 Å². The Morgan fingerprint density at radius 3 is 2.64 bits per heavy atom. The normalized spacial score (nSPS) is 12.1. The van der Waals surface area contributed by atoms with Gasteiger partial charge in [0.25, 0.3) is 5.91 Å². The molecular formula is C17H21NO3S. The Labute approximate surface area is 134 Å². The zero-order chi connectivity index (χ0) is 15.9. The quantitative estimate of drug-likeness (QED) is 0.822. The van der Waals surface area contributed by atoms with Gasteiger partial charge >= 0.3 is 0 Å². The highest BCUT2D eigenvalue weighted by Gasteiger charge is 2.17. The molecule has 1 aromatic heterocycles. The molecule has 4 nitrogen and oxygen atoms in total. The number of aliphatic hydroxyl groups excluding tert-OH is 1. The summed E-state index contributed by atoms with van der Waals surface area (Å²) in [6, 6.07) is 11.2. The van der Waals surface area contributed by atoms with Crippen LogP contribution in [0.2, 0.25) is 0 Å². The lowest BCUT2D eigenvalue weighted by Gasteiger charge is -2.17. The molecule has 0 saturated heterocycles. The summed E-state index contributed by atoms with van der Waals surface area (Å²) in [6.45, 7) is 2.02. The van der Waals surface area contributed by atoms with Crippen molar-refractivity contribution >= 4 is 17.7 Å². The Bertz CT molecular complexity index is 607. The zero-order valence-corrected chi connectivity index (χ0v) is 13.7. The van der Waals surface area contributed by atoms with E-state index in [2.05, 4.69) is 5.32 Å². The van der Waals surface area contributed by atoms with Crippen LogP contribution in [-0.4, -0.2) is 23.9 Å². The molecule has 0 saturated carbocycles. The molecule has 1 aromatic carbocycles. The van der Waals surface area contributed by atoms with Gasteiger partial charge in [0.15, 0.2) is 5.76 Å². The molecule has 0 aliphatic heterocycles. The summed E-state index contributed by atoms with van der Waals surface area (Å²) < 4.78 is 5.52. The first-order valence-electron chi connectivity index (χ1n) is 7.20. The van der Waals surface area contributed by atoms with Crippen LogP contribution in [0.1, 0.15) is 39.9 Å². The third-order valence-corrected chi connectivity index (χ3v) is 3.95. The largest absolute Gasteiger partial charge is 0.455 e. The van der Waals surface area contributed by atoms with E-state index in [-0.39, 0.29) is 18.6 Å². The summed E-state index contributed by atoms with van der Waals surface area (Å²) in [5.41, 5.74) is 2.13. The first-order chi connectivity index (χ1) is 10.6. The summed E-state index contributed by atoms with van der Waals surface area (Å²) in [4.78, 5) is 12.3. The van der Waals surface area contributed by atoms with Crippen molar-refractivity contribution in [1.29, 1.82) is 0 Å². The number of thioether (sulfide) groups is 1. The van der Waals surface area contributed by atoms with E-state index in [0.29, 0.717) is 12.2 Å².